The van der Waals surface area contributed by atoms with Gasteiger partial charge in [0.05, 0.1) is 17.1 Å². The van der Waals surface area contributed by atoms with Crippen molar-refractivity contribution in [2.75, 3.05) is 6.54 Å². The fourth-order valence-corrected chi connectivity index (χ4v) is 4.69. The lowest BCUT2D eigenvalue weighted by molar-refractivity contribution is -0.139. The van der Waals surface area contributed by atoms with E-state index < -0.39 is 35.8 Å². The number of Topliss-reactive ketones (excluding diaryl/α,β-unsaturated/α-hetero) is 1. The van der Waals surface area contributed by atoms with E-state index in [0.717, 1.165) is 4.90 Å². The Morgan fingerprint density at radius 1 is 1.21 bits per heavy atom. The third kappa shape index (κ3) is 5.35. The first-order chi connectivity index (χ1) is 18.1. The molecule has 38 heavy (non-hydrogen) atoms. The van der Waals surface area contributed by atoms with Crippen LogP contribution in [-0.4, -0.2) is 51.7 Å². The zero-order chi connectivity index (χ0) is 27.6. The molecule has 1 saturated heterocycles. The second kappa shape index (κ2) is 11.0. The Morgan fingerprint density at radius 2 is 1.97 bits per heavy atom. The summed E-state index contributed by atoms with van der Waals surface area (Å²) in [6.45, 7) is 0.510. The highest BCUT2D eigenvalue weighted by molar-refractivity contribution is 6.30. The summed E-state index contributed by atoms with van der Waals surface area (Å²) in [5.74, 6) is -2.84. The lowest BCUT2D eigenvalue weighted by Crippen LogP contribution is -2.46. The van der Waals surface area contributed by atoms with Gasteiger partial charge in [-0.2, -0.15) is 5.26 Å². The topological polar surface area (TPSA) is 124 Å². The lowest BCUT2D eigenvalue weighted by atomic mass is 10.1. The monoisotopic (exact) mass is 541 g/mol. The van der Waals surface area contributed by atoms with Crippen molar-refractivity contribution in [2.24, 2.45) is 0 Å². The molecule has 2 N–H and O–H groups in total. The molecule has 0 aliphatic carbocycles. The molecule has 0 unspecified atom stereocenters. The minimum atomic E-state index is -1.44. The van der Waals surface area contributed by atoms with E-state index >= 15 is 0 Å². The van der Waals surface area contributed by atoms with Gasteiger partial charge < -0.3 is 14.8 Å². The number of hydrogen-bond acceptors (Lipinski definition) is 5. The van der Waals surface area contributed by atoms with Crippen LogP contribution in [0, 0.1) is 17.3 Å². The van der Waals surface area contributed by atoms with Crippen LogP contribution in [0.2, 0.25) is 5.02 Å². The summed E-state index contributed by atoms with van der Waals surface area (Å²) in [5, 5.41) is 13.7. The van der Waals surface area contributed by atoms with Crippen LogP contribution in [0.15, 0.2) is 42.6 Å². The summed E-state index contributed by atoms with van der Waals surface area (Å²) in [5.41, 5.74) is 0.965. The molecule has 2 aromatic carbocycles. The third-order valence-corrected chi connectivity index (χ3v) is 6.65. The van der Waals surface area contributed by atoms with Crippen molar-refractivity contribution in [3.8, 4) is 6.19 Å². The van der Waals surface area contributed by atoms with Gasteiger partial charge in [-0.25, -0.2) is 8.78 Å². The number of fused-ring (bicyclic) bond motifs is 1. The number of aromatic nitrogens is 1. The van der Waals surface area contributed by atoms with Crippen LogP contribution >= 0.6 is 11.6 Å². The number of halogens is 3. The van der Waals surface area contributed by atoms with Gasteiger partial charge in [0.1, 0.15) is 24.6 Å². The number of nitrogens with zero attached hydrogens (tertiary/aromatic N) is 3. The Morgan fingerprint density at radius 3 is 2.68 bits per heavy atom. The van der Waals surface area contributed by atoms with E-state index in [1.54, 1.807) is 6.19 Å². The quantitative estimate of drug-likeness (QED) is 0.270. The first-order valence-electron chi connectivity index (χ1n) is 11.6. The lowest BCUT2D eigenvalue weighted by Gasteiger charge is -2.24. The van der Waals surface area contributed by atoms with E-state index in [2.05, 4.69) is 5.32 Å². The van der Waals surface area contributed by atoms with E-state index in [1.807, 2.05) is 5.32 Å². The molecule has 2 heterocycles. The number of rotatable bonds is 7. The third-order valence-electron chi connectivity index (χ3n) is 6.36. The number of ketones is 1. The van der Waals surface area contributed by atoms with Crippen LogP contribution in [0.5, 0.6) is 0 Å². The molecule has 0 saturated carbocycles. The van der Waals surface area contributed by atoms with Gasteiger partial charge in [-0.15, -0.1) is 0 Å². The van der Waals surface area contributed by atoms with Crippen molar-refractivity contribution in [1.82, 2.24) is 20.1 Å². The van der Waals surface area contributed by atoms with Gasteiger partial charge in [-0.3, -0.25) is 24.5 Å². The number of benzene rings is 2. The molecule has 3 amide bonds. The van der Waals surface area contributed by atoms with Crippen molar-refractivity contribution in [3.63, 3.8) is 0 Å². The van der Waals surface area contributed by atoms with Crippen molar-refractivity contribution >= 4 is 46.0 Å². The summed E-state index contributed by atoms with van der Waals surface area (Å²) in [6.07, 6.45) is 1.34. The molecule has 0 spiro atoms. The summed E-state index contributed by atoms with van der Waals surface area (Å²) in [4.78, 5) is 51.6. The molecular weight excluding hydrogens is 520 g/mol. The fraction of sp³-hybridized carbons (Fsp3) is 0.269. The van der Waals surface area contributed by atoms with Gasteiger partial charge in [-0.1, -0.05) is 29.8 Å². The van der Waals surface area contributed by atoms with Gasteiger partial charge in [0, 0.05) is 41.2 Å². The summed E-state index contributed by atoms with van der Waals surface area (Å²) in [6, 6.07) is 7.66. The molecular formula is C26H22ClF2N5O4. The number of alkyl halides is 1. The van der Waals surface area contributed by atoms with Crippen LogP contribution in [0.1, 0.15) is 39.6 Å². The highest BCUT2D eigenvalue weighted by Crippen LogP contribution is 2.26. The molecule has 0 bridgehead atoms. The number of nitrogens with one attached hydrogen (secondary N) is 2. The predicted octanol–water partition coefficient (Wildman–Crippen LogP) is 3.10. The molecule has 2 atom stereocenters. The normalized spacial score (nSPS) is 16.8. The Labute approximate surface area is 220 Å². The Hall–Kier alpha value is -4.30. The van der Waals surface area contributed by atoms with Crippen molar-refractivity contribution in [3.05, 3.63) is 70.1 Å². The molecule has 196 valence electrons. The van der Waals surface area contributed by atoms with Crippen molar-refractivity contribution in [2.45, 2.75) is 38.6 Å². The van der Waals surface area contributed by atoms with Gasteiger partial charge >= 0.3 is 0 Å². The average molecular weight is 542 g/mol. The van der Waals surface area contributed by atoms with Crippen LogP contribution in [-0.2, 0) is 22.7 Å². The molecule has 1 aliphatic rings. The minimum absolute atomic E-state index is 0.101. The largest absolute Gasteiger partial charge is 0.350 e. The molecule has 12 heteroatoms. The SMILES string of the molecule is CC(=O)c1cn(CC(=O)N2C[C@H](F)C[C@H]2C(=O)NCc2cccc(Cl)c2F)c2cc(C(=O)NC#N)ccc12. The minimum Gasteiger partial charge on any atom is -0.350 e. The molecule has 0 radical (unpaired) electrons. The second-order valence-electron chi connectivity index (χ2n) is 8.85. The van der Waals surface area contributed by atoms with Gasteiger partial charge in [-0.05, 0) is 25.1 Å². The average Bonchev–Trinajstić information content (AvgIpc) is 3.45. The molecule has 9 nitrogen and oxygen atoms in total. The van der Waals surface area contributed by atoms with Gasteiger partial charge in [0.15, 0.2) is 12.0 Å². The van der Waals surface area contributed by atoms with Crippen molar-refractivity contribution in [1.29, 1.82) is 5.26 Å². The van der Waals surface area contributed by atoms with Crippen LogP contribution in [0.25, 0.3) is 10.9 Å². The first kappa shape index (κ1) is 26.8. The molecule has 4 rings (SSSR count). The molecule has 3 aromatic rings. The van der Waals surface area contributed by atoms with E-state index in [1.165, 1.54) is 54.1 Å². The molecule has 1 aliphatic heterocycles. The number of amides is 3. The summed E-state index contributed by atoms with van der Waals surface area (Å²) < 4.78 is 30.0. The number of carbonyl (C=O) groups excluding carboxylic acids is 4. The number of nitriles is 1. The maximum atomic E-state index is 14.4. The summed E-state index contributed by atoms with van der Waals surface area (Å²) in [7, 11) is 0. The smallest absolute Gasteiger partial charge is 0.264 e. The van der Waals surface area contributed by atoms with Crippen LogP contribution in [0.3, 0.4) is 0 Å². The second-order valence-corrected chi connectivity index (χ2v) is 9.26. The van der Waals surface area contributed by atoms with Crippen LogP contribution in [0.4, 0.5) is 8.78 Å². The standard InChI is InChI=1S/C26H22ClF2N5O4/c1-14(35)19-11-33(21-7-15(5-6-18(19)21)25(37)32-13-30)12-23(36)34-10-17(28)8-22(34)26(38)31-9-16-3-2-4-20(27)24(16)29/h2-7,11,17,22H,8-10,12H2,1H3,(H,31,38)(H,32,37)/t17-,22+/m1/s1. The zero-order valence-corrected chi connectivity index (χ0v) is 20.9. The molecule has 1 fully saturated rings. The Bertz CT molecular complexity index is 1500. The van der Waals surface area contributed by atoms with Gasteiger partial charge in [0.25, 0.3) is 5.91 Å². The van der Waals surface area contributed by atoms with Crippen LogP contribution < -0.4 is 10.6 Å². The zero-order valence-electron chi connectivity index (χ0n) is 20.1. The maximum Gasteiger partial charge on any atom is 0.264 e. The van der Waals surface area contributed by atoms with E-state index in [-0.39, 0.29) is 48.0 Å². The van der Waals surface area contributed by atoms with E-state index in [4.69, 9.17) is 16.9 Å². The number of carbonyl (C=O) groups is 4. The van der Waals surface area contributed by atoms with E-state index in [9.17, 15) is 28.0 Å². The maximum absolute atomic E-state index is 14.4. The predicted molar refractivity (Wildman–Crippen MR) is 133 cm³/mol. The molecule has 1 aromatic heterocycles. The number of likely N-dealkylation sites (tertiary alicyclic amines) is 1. The Kier molecular flexibility index (Phi) is 7.73. The number of hydrogen-bond donors (Lipinski definition) is 2. The highest BCUT2D eigenvalue weighted by Gasteiger charge is 2.39. The van der Waals surface area contributed by atoms with Gasteiger partial charge in [0.2, 0.25) is 11.8 Å². The van der Waals surface area contributed by atoms with Crippen molar-refractivity contribution < 1.29 is 28.0 Å². The highest BCUT2D eigenvalue weighted by atomic mass is 35.5. The van der Waals surface area contributed by atoms with E-state index in [0.29, 0.717) is 16.5 Å². The first-order valence-corrected chi connectivity index (χ1v) is 12.0. The Balaban J connectivity index is 1.56. The summed E-state index contributed by atoms with van der Waals surface area (Å²) >= 11 is 5.77. The fourth-order valence-electron chi connectivity index (χ4n) is 4.50.